The lowest BCUT2D eigenvalue weighted by molar-refractivity contribution is -0.164. The highest BCUT2D eigenvalue weighted by Crippen LogP contribution is 2.32. The highest BCUT2D eigenvalue weighted by Gasteiger charge is 2.41. The van der Waals surface area contributed by atoms with E-state index in [4.69, 9.17) is 18.9 Å². The van der Waals surface area contributed by atoms with Crippen molar-refractivity contribution in [2.75, 3.05) is 27.4 Å². The van der Waals surface area contributed by atoms with Crippen LogP contribution in [0.2, 0.25) is 0 Å². The average molecular weight is 610 g/mol. The second-order valence-corrected chi connectivity index (χ2v) is 12.2. The van der Waals surface area contributed by atoms with Crippen molar-refractivity contribution in [3.05, 3.63) is 53.6 Å². The number of carbonyl (C=O) groups excluding carboxylic acids is 4. The number of carbonyl (C=O) groups is 4. The van der Waals surface area contributed by atoms with Crippen LogP contribution in [0.4, 0.5) is 0 Å². The molecule has 0 N–H and O–H groups in total. The molecule has 1 aliphatic rings. The van der Waals surface area contributed by atoms with Crippen molar-refractivity contribution >= 4 is 23.4 Å². The fourth-order valence-corrected chi connectivity index (χ4v) is 4.97. The average Bonchev–Trinajstić information content (AvgIpc) is 3.04. The minimum absolute atomic E-state index is 0.0188. The van der Waals surface area contributed by atoms with Gasteiger partial charge in [0.05, 0.1) is 14.2 Å². The molecule has 0 bridgehead atoms. The molecule has 0 aromatic heterocycles. The van der Waals surface area contributed by atoms with E-state index in [0.717, 1.165) is 12.0 Å². The van der Waals surface area contributed by atoms with E-state index >= 15 is 0 Å². The van der Waals surface area contributed by atoms with Gasteiger partial charge in [-0.15, -0.1) is 0 Å². The molecule has 1 aliphatic heterocycles. The lowest BCUT2D eigenvalue weighted by atomic mass is 9.84. The summed E-state index contributed by atoms with van der Waals surface area (Å²) in [6.45, 7) is 9.28. The molecule has 1 fully saturated rings. The first-order valence-corrected chi connectivity index (χ1v) is 15.4. The summed E-state index contributed by atoms with van der Waals surface area (Å²) >= 11 is 0. The summed E-state index contributed by atoms with van der Waals surface area (Å²) in [5, 5.41) is 0. The van der Waals surface area contributed by atoms with Crippen molar-refractivity contribution in [1.82, 2.24) is 4.90 Å². The monoisotopic (exact) mass is 609 g/mol. The van der Waals surface area contributed by atoms with E-state index in [1.807, 2.05) is 45.0 Å². The fourth-order valence-electron chi connectivity index (χ4n) is 4.97. The molecule has 0 spiro atoms. The van der Waals surface area contributed by atoms with Gasteiger partial charge in [-0.25, -0.2) is 4.79 Å². The normalized spacial score (nSPS) is 15.8. The number of benzene rings is 2. The topological polar surface area (TPSA) is 108 Å². The maximum absolute atomic E-state index is 13.8. The molecule has 1 heterocycles. The Morgan fingerprint density at radius 1 is 0.977 bits per heavy atom. The van der Waals surface area contributed by atoms with Crippen molar-refractivity contribution < 1.29 is 38.1 Å². The van der Waals surface area contributed by atoms with Crippen LogP contribution in [-0.2, 0) is 30.3 Å². The fraction of sp³-hybridized carbons (Fsp3) is 0.543. The first-order valence-electron chi connectivity index (χ1n) is 15.4. The van der Waals surface area contributed by atoms with Gasteiger partial charge in [-0.2, -0.15) is 0 Å². The van der Waals surface area contributed by atoms with Gasteiger partial charge < -0.3 is 23.8 Å². The molecular formula is C35H47NO8. The summed E-state index contributed by atoms with van der Waals surface area (Å²) < 4.78 is 22.8. The number of amides is 1. The molecule has 9 nitrogen and oxygen atoms in total. The minimum Gasteiger partial charge on any atom is -0.493 e. The summed E-state index contributed by atoms with van der Waals surface area (Å²) in [4.78, 5) is 53.7. The zero-order valence-corrected chi connectivity index (χ0v) is 27.1. The van der Waals surface area contributed by atoms with Gasteiger partial charge in [-0.1, -0.05) is 52.8 Å². The van der Waals surface area contributed by atoms with E-state index in [9.17, 15) is 19.2 Å². The Kier molecular flexibility index (Phi) is 12.4. The standard InChI is InChI=1S/C35H47NO8/c1-8-35(4,5)32(38)33(39)36-19-10-9-14-27(36)34(40)44-29(17-15-24-16-18-30(41-6)31(20-24)42-7)25-12-11-13-26(21-25)43-22-28(37)23(2)3/h11-13,16,18,20-21,23,27,29H,8-10,14-15,17,19,22H2,1-7H3/t27-,29+/m0/s1. The van der Waals surface area contributed by atoms with Gasteiger partial charge in [-0.3, -0.25) is 14.4 Å². The zero-order valence-electron chi connectivity index (χ0n) is 27.1. The molecule has 3 rings (SSSR count). The number of rotatable bonds is 15. The summed E-state index contributed by atoms with van der Waals surface area (Å²) in [6, 6.07) is 12.0. The third-order valence-corrected chi connectivity index (χ3v) is 8.39. The van der Waals surface area contributed by atoms with E-state index in [-0.39, 0.29) is 18.3 Å². The Hall–Kier alpha value is -3.88. The Morgan fingerprint density at radius 3 is 2.36 bits per heavy atom. The highest BCUT2D eigenvalue weighted by molar-refractivity contribution is 6.38. The molecule has 1 saturated heterocycles. The molecule has 44 heavy (non-hydrogen) atoms. The Labute approximate surface area is 261 Å². The number of Topliss-reactive ketones (excluding diaryl/α,β-unsaturated/α-hetero) is 2. The second-order valence-electron chi connectivity index (χ2n) is 12.2. The molecule has 2 atom stereocenters. The van der Waals surface area contributed by atoms with Crippen molar-refractivity contribution in [2.24, 2.45) is 11.3 Å². The summed E-state index contributed by atoms with van der Waals surface area (Å²) in [5.41, 5.74) is 0.841. The van der Waals surface area contributed by atoms with Crippen molar-refractivity contribution in [2.45, 2.75) is 85.3 Å². The van der Waals surface area contributed by atoms with Crippen LogP contribution in [0, 0.1) is 11.3 Å². The lowest BCUT2D eigenvalue weighted by Gasteiger charge is -2.36. The number of methoxy groups -OCH3 is 2. The number of esters is 1. The van der Waals surface area contributed by atoms with Crippen LogP contribution in [0.3, 0.4) is 0 Å². The van der Waals surface area contributed by atoms with Crippen LogP contribution in [0.25, 0.3) is 0 Å². The third kappa shape index (κ3) is 8.83. The van der Waals surface area contributed by atoms with Gasteiger partial charge in [0, 0.05) is 17.9 Å². The number of aryl methyl sites for hydroxylation is 1. The number of ether oxygens (including phenoxy) is 4. The van der Waals surface area contributed by atoms with Crippen LogP contribution < -0.4 is 14.2 Å². The maximum atomic E-state index is 13.8. The molecule has 0 radical (unpaired) electrons. The van der Waals surface area contributed by atoms with Crippen LogP contribution in [0.15, 0.2) is 42.5 Å². The van der Waals surface area contributed by atoms with Crippen molar-refractivity contribution in [3.63, 3.8) is 0 Å². The largest absolute Gasteiger partial charge is 0.493 e. The lowest BCUT2D eigenvalue weighted by Crippen LogP contribution is -2.53. The molecule has 240 valence electrons. The van der Waals surface area contributed by atoms with Crippen molar-refractivity contribution in [3.8, 4) is 17.2 Å². The zero-order chi connectivity index (χ0) is 32.4. The molecule has 0 saturated carbocycles. The second kappa shape index (κ2) is 15.7. The molecule has 0 aliphatic carbocycles. The van der Waals surface area contributed by atoms with E-state index in [1.165, 1.54) is 4.90 Å². The van der Waals surface area contributed by atoms with Crippen LogP contribution in [0.1, 0.15) is 84.0 Å². The predicted octanol–water partition coefficient (Wildman–Crippen LogP) is 5.91. The number of hydrogen-bond acceptors (Lipinski definition) is 8. The minimum atomic E-state index is -0.848. The van der Waals surface area contributed by atoms with Crippen LogP contribution in [0.5, 0.6) is 17.2 Å². The predicted molar refractivity (Wildman–Crippen MR) is 167 cm³/mol. The molecule has 0 unspecified atom stereocenters. The van der Waals surface area contributed by atoms with E-state index in [0.29, 0.717) is 61.5 Å². The summed E-state index contributed by atoms with van der Waals surface area (Å²) in [5.74, 6) is -0.137. The van der Waals surface area contributed by atoms with Gasteiger partial charge in [0.15, 0.2) is 17.3 Å². The number of piperidine rings is 1. The maximum Gasteiger partial charge on any atom is 0.329 e. The quantitative estimate of drug-likeness (QED) is 0.181. The van der Waals surface area contributed by atoms with Crippen molar-refractivity contribution in [1.29, 1.82) is 0 Å². The Balaban J connectivity index is 1.87. The summed E-state index contributed by atoms with van der Waals surface area (Å²) in [6.07, 6.45) is 2.70. The van der Waals surface area contributed by atoms with Gasteiger partial charge in [0.25, 0.3) is 5.91 Å². The highest BCUT2D eigenvalue weighted by atomic mass is 16.5. The van der Waals surface area contributed by atoms with Gasteiger partial charge in [0.1, 0.15) is 24.5 Å². The third-order valence-electron chi connectivity index (χ3n) is 8.39. The molecule has 1 amide bonds. The first-order chi connectivity index (χ1) is 20.9. The van der Waals surface area contributed by atoms with Gasteiger partial charge >= 0.3 is 5.97 Å². The van der Waals surface area contributed by atoms with Crippen LogP contribution >= 0.6 is 0 Å². The molecule has 2 aromatic carbocycles. The SMILES string of the molecule is CCC(C)(C)C(=O)C(=O)N1CCCC[C@H]1C(=O)O[C@H](CCc1ccc(OC)c(OC)c1)c1cccc(OCC(=O)C(C)C)c1. The van der Waals surface area contributed by atoms with Gasteiger partial charge in [0.2, 0.25) is 5.78 Å². The number of nitrogens with zero attached hydrogens (tertiary/aromatic N) is 1. The van der Waals surface area contributed by atoms with Crippen LogP contribution in [-0.4, -0.2) is 61.8 Å². The number of likely N-dealkylation sites (tertiary alicyclic amines) is 1. The molecule has 9 heteroatoms. The number of ketones is 2. The molecule has 2 aromatic rings. The molecular weight excluding hydrogens is 562 g/mol. The van der Waals surface area contributed by atoms with E-state index < -0.39 is 35.2 Å². The Morgan fingerprint density at radius 2 is 1.70 bits per heavy atom. The Bertz CT molecular complexity index is 1320. The summed E-state index contributed by atoms with van der Waals surface area (Å²) in [7, 11) is 3.15. The first kappa shape index (κ1) is 34.6. The smallest absolute Gasteiger partial charge is 0.329 e. The number of hydrogen-bond donors (Lipinski definition) is 0. The van der Waals surface area contributed by atoms with E-state index in [1.54, 1.807) is 46.3 Å². The van der Waals surface area contributed by atoms with Gasteiger partial charge in [-0.05, 0) is 73.9 Å². The van der Waals surface area contributed by atoms with E-state index in [2.05, 4.69) is 0 Å².